The monoisotopic (exact) mass is 1460 g/mol. The zero-order valence-electron chi connectivity index (χ0n) is 62.6. The highest BCUT2D eigenvalue weighted by molar-refractivity contribution is 6.01. The van der Waals surface area contributed by atoms with Crippen molar-refractivity contribution in [2.24, 2.45) is 23.7 Å². The first-order valence-electron chi connectivity index (χ1n) is 36.9. The number of amides is 12. The van der Waals surface area contributed by atoms with E-state index in [1.54, 1.807) is 13.8 Å². The number of likely N-dealkylation sites (N-methyl/N-ethyl adjacent to an activating group) is 7. The maximum Gasteiger partial charge on any atom is 0.422 e. The maximum atomic E-state index is 15.7. The number of fused-ring (bicyclic) bond motifs is 2. The lowest BCUT2D eigenvalue weighted by atomic mass is 9.84. The molecule has 3 aliphatic carbocycles. The molecule has 7 rings (SSSR count). The molecule has 1 aromatic carbocycles. The van der Waals surface area contributed by atoms with E-state index in [1.807, 2.05) is 20.8 Å². The molecule has 11 atom stereocenters. The van der Waals surface area contributed by atoms with Crippen LogP contribution in [-0.4, -0.2) is 264 Å². The first kappa shape index (κ1) is 82.8. The summed E-state index contributed by atoms with van der Waals surface area (Å²) in [6, 6.07) is -10.9. The second kappa shape index (κ2) is 35.5. The van der Waals surface area contributed by atoms with E-state index >= 15 is 32.8 Å². The molecule has 3 saturated carbocycles. The Morgan fingerprint density at radius 1 is 0.680 bits per heavy atom. The van der Waals surface area contributed by atoms with Gasteiger partial charge < -0.3 is 64.8 Å². The molecule has 3 aliphatic heterocycles. The number of nitrogens with one attached hydrogen (secondary N) is 3. The van der Waals surface area contributed by atoms with E-state index in [2.05, 4.69) is 16.0 Å². The van der Waals surface area contributed by atoms with Crippen molar-refractivity contribution in [2.75, 3.05) is 82.6 Å². The Morgan fingerprint density at radius 2 is 1.29 bits per heavy atom. The maximum absolute atomic E-state index is 15.7. The Balaban J connectivity index is 1.32. The zero-order valence-corrected chi connectivity index (χ0v) is 62.6. The predicted molar refractivity (Wildman–Crippen MR) is 370 cm³/mol. The number of ether oxygens (including phenoxy) is 1. The fraction of sp³-hybridized carbons (Fsp3) is 0.753. The number of hydrogen-bond donors (Lipinski definition) is 3. The molecule has 3 saturated heterocycles. The van der Waals surface area contributed by atoms with Gasteiger partial charge in [0.1, 0.15) is 77.1 Å². The van der Waals surface area contributed by atoms with Crippen LogP contribution in [0, 0.1) is 35.3 Å². The van der Waals surface area contributed by atoms with E-state index in [1.165, 1.54) is 92.7 Å². The van der Waals surface area contributed by atoms with Gasteiger partial charge in [0.15, 0.2) is 0 Å². The van der Waals surface area contributed by atoms with Crippen LogP contribution in [0.2, 0.25) is 0 Å². The average molecular weight is 1460 g/mol. The summed E-state index contributed by atoms with van der Waals surface area (Å²) in [5.41, 5.74) is -4.14. The summed E-state index contributed by atoms with van der Waals surface area (Å²) in [5, 5.41) is 8.55. The van der Waals surface area contributed by atoms with E-state index in [9.17, 15) is 46.7 Å². The molecule has 12 amide bonds. The van der Waals surface area contributed by atoms with Crippen LogP contribution in [0.5, 0.6) is 0 Å². The third-order valence-corrected chi connectivity index (χ3v) is 22.6. The van der Waals surface area contributed by atoms with Crippen LogP contribution in [0.25, 0.3) is 0 Å². The number of carbonyl (C=O) groups is 12. The Labute approximate surface area is 602 Å². The number of hydrogen-bond acceptors (Lipinski definition) is 13. The van der Waals surface area contributed by atoms with Gasteiger partial charge in [-0.05, 0) is 113 Å². The number of halogens is 5. The number of rotatable bonds is 13. The molecule has 25 nitrogen and oxygen atoms in total. The summed E-state index contributed by atoms with van der Waals surface area (Å²) in [4.78, 5) is 191. The topological polar surface area (TPSA) is 279 Å². The minimum absolute atomic E-state index is 0.0351. The third kappa shape index (κ3) is 19.3. The van der Waals surface area contributed by atoms with E-state index < -0.39 is 198 Å². The molecule has 6 aliphatic rings. The Morgan fingerprint density at radius 3 is 1.84 bits per heavy atom. The number of benzene rings is 1. The van der Waals surface area contributed by atoms with Crippen LogP contribution in [0.15, 0.2) is 12.1 Å². The highest BCUT2D eigenvalue weighted by atomic mass is 19.4. The van der Waals surface area contributed by atoms with Gasteiger partial charge in [-0.1, -0.05) is 91.9 Å². The molecule has 1 spiro atoms. The molecule has 576 valence electrons. The van der Waals surface area contributed by atoms with Crippen molar-refractivity contribution in [2.45, 2.75) is 249 Å². The van der Waals surface area contributed by atoms with Crippen molar-refractivity contribution in [3.8, 4) is 0 Å². The Bertz CT molecular complexity index is 3250. The van der Waals surface area contributed by atoms with Crippen LogP contribution < -0.4 is 16.0 Å². The van der Waals surface area contributed by atoms with Crippen LogP contribution >= 0.6 is 0 Å². The Kier molecular flexibility index (Phi) is 28.5. The summed E-state index contributed by atoms with van der Waals surface area (Å²) in [6.07, 6.45) is 0.420. The van der Waals surface area contributed by atoms with Gasteiger partial charge in [0, 0.05) is 82.5 Å². The lowest BCUT2D eigenvalue weighted by Gasteiger charge is -2.45. The highest BCUT2D eigenvalue weighted by Gasteiger charge is 2.53. The lowest BCUT2D eigenvalue weighted by Crippen LogP contribution is -2.65. The van der Waals surface area contributed by atoms with Crippen molar-refractivity contribution >= 4 is 70.9 Å². The van der Waals surface area contributed by atoms with Gasteiger partial charge >= 0.3 is 6.18 Å². The van der Waals surface area contributed by atoms with E-state index in [4.69, 9.17) is 4.74 Å². The number of aryl methyl sites for hydroxylation is 1. The summed E-state index contributed by atoms with van der Waals surface area (Å²) in [6.45, 7) is 9.66. The smallest absolute Gasteiger partial charge is 0.377 e. The van der Waals surface area contributed by atoms with Crippen LogP contribution in [0.3, 0.4) is 0 Å². The molecular weight excluding hydrogens is 1350 g/mol. The fourth-order valence-corrected chi connectivity index (χ4v) is 16.0. The SMILES string of the molecule is CCO[C@@H]1C[C@H]2C(=O)NC3(CCCC3)C(=O)N(C)[C@@H](C3CCCC3)C(=O)N(C)[C@H](C(=O)N(C)C)CC(=O)N(C)[C@@H](CC(C)C)C(=O)N[C@@H]([C@@H](C)CC)C(=O)N(C)[C@@H](C)C(=O)N3CC[C@H]3C(=O)N(C)[C@@H](CC3CCCCC3)C(=O)N(C)CC(=O)N[C@@H](CCc3cc(F)c(C(F)(F)F)c(F)c3)C(=O)N2C1. The van der Waals surface area contributed by atoms with Gasteiger partial charge in [-0.25, -0.2) is 8.78 Å². The molecule has 1 aromatic rings. The molecule has 0 aromatic heterocycles. The lowest BCUT2D eigenvalue weighted by molar-refractivity contribution is -0.160. The molecule has 0 bridgehead atoms. The number of nitrogens with zero attached hydrogens (tertiary/aromatic N) is 9. The standard InChI is InChI=1S/C73H111F5N12O13/c1-15-43(5)60-69(100)84(10)44(6)64(95)89-33-30-52(89)68(99)86(12)55(37-45-24-18-17-19-25-45)67(98)83(9)41-57(91)79-51(29-28-46-35-49(74)59(50(75)36-46)73(76,77)78)65(96)90-40-48(103-16-2)38-54(90)63(94)81-72(31-22-23-32-72)71(102)88(14)61(47-26-20-21-27-47)70(101)87(13)56(66(97)82(7)8)39-58(92)85(11)53(34-42(3)4)62(93)80-60/h35-36,42-45,47-48,51-56,60-61H,15-34,37-41H2,1-14H3,(H,79,91)(H,80,93)(H,81,94)/t43-,44-,48+,51-,52-,53-,54-,55-,56-,60-,61-/m0/s1. The summed E-state index contributed by atoms with van der Waals surface area (Å²) < 4.78 is 77.8. The summed E-state index contributed by atoms with van der Waals surface area (Å²) in [7, 11) is 11.3. The molecule has 103 heavy (non-hydrogen) atoms. The van der Waals surface area contributed by atoms with Gasteiger partial charge in [0.2, 0.25) is 70.9 Å². The van der Waals surface area contributed by atoms with Crippen LogP contribution in [-0.2, 0) is 74.9 Å². The molecular formula is C73H111F5N12O13. The van der Waals surface area contributed by atoms with E-state index in [0.29, 0.717) is 57.1 Å². The van der Waals surface area contributed by atoms with Gasteiger partial charge in [-0.15, -0.1) is 0 Å². The molecule has 3 heterocycles. The van der Waals surface area contributed by atoms with Crippen molar-refractivity contribution in [3.63, 3.8) is 0 Å². The van der Waals surface area contributed by atoms with Crippen LogP contribution in [0.1, 0.15) is 181 Å². The second-order valence-electron chi connectivity index (χ2n) is 30.4. The quantitative estimate of drug-likeness (QED) is 0.212. The fourth-order valence-electron chi connectivity index (χ4n) is 16.0. The summed E-state index contributed by atoms with van der Waals surface area (Å²) >= 11 is 0. The zero-order chi connectivity index (χ0) is 76.4. The molecule has 0 unspecified atom stereocenters. The van der Waals surface area contributed by atoms with Gasteiger partial charge in [0.25, 0.3) is 0 Å². The largest absolute Gasteiger partial charge is 0.422 e. The van der Waals surface area contributed by atoms with Gasteiger partial charge in [-0.2, -0.15) is 13.2 Å². The third-order valence-electron chi connectivity index (χ3n) is 22.6. The number of alkyl halides is 3. The highest BCUT2D eigenvalue weighted by Crippen LogP contribution is 2.39. The molecule has 30 heteroatoms. The van der Waals surface area contributed by atoms with Crippen molar-refractivity contribution in [1.29, 1.82) is 0 Å². The van der Waals surface area contributed by atoms with Crippen molar-refractivity contribution in [3.05, 3.63) is 34.9 Å². The van der Waals surface area contributed by atoms with Crippen molar-refractivity contribution in [1.82, 2.24) is 60.0 Å². The van der Waals surface area contributed by atoms with Gasteiger partial charge in [0.05, 0.1) is 19.1 Å². The number of carbonyl (C=O) groups excluding carboxylic acids is 12. The van der Waals surface area contributed by atoms with Gasteiger partial charge in [-0.3, -0.25) is 57.5 Å². The molecule has 6 fully saturated rings. The first-order valence-corrected chi connectivity index (χ1v) is 36.9. The predicted octanol–water partition coefficient (Wildman–Crippen LogP) is 5.28. The average Bonchev–Trinajstić information content (AvgIpc) is 1.36. The second-order valence-corrected chi connectivity index (χ2v) is 30.4. The Hall–Kier alpha value is -7.53. The molecule has 0 radical (unpaired) electrons. The first-order chi connectivity index (χ1) is 48.4. The molecule has 3 N–H and O–H groups in total. The normalized spacial score (nSPS) is 28.1. The minimum Gasteiger partial charge on any atom is -0.377 e. The van der Waals surface area contributed by atoms with Crippen LogP contribution in [0.4, 0.5) is 22.0 Å². The van der Waals surface area contributed by atoms with Crippen molar-refractivity contribution < 1.29 is 84.2 Å². The summed E-state index contributed by atoms with van der Waals surface area (Å²) in [5.74, 6) is -13.7. The minimum atomic E-state index is -5.40. The van der Waals surface area contributed by atoms with E-state index in [-0.39, 0.29) is 75.6 Å². The van der Waals surface area contributed by atoms with E-state index in [0.717, 1.165) is 46.8 Å².